The van der Waals surface area contributed by atoms with E-state index in [1.807, 2.05) is 25.1 Å². The summed E-state index contributed by atoms with van der Waals surface area (Å²) in [5, 5.41) is 2.92. The van der Waals surface area contributed by atoms with Gasteiger partial charge >= 0.3 is 0 Å². The van der Waals surface area contributed by atoms with Crippen LogP contribution in [0.25, 0.3) is 11.1 Å². The fourth-order valence-corrected chi connectivity index (χ4v) is 3.31. The predicted octanol–water partition coefficient (Wildman–Crippen LogP) is 2.87. The number of fused-ring (bicyclic) bond motifs is 1. The highest BCUT2D eigenvalue weighted by Gasteiger charge is 2.18. The molecule has 2 heterocycles. The second-order valence-electron chi connectivity index (χ2n) is 6.62. The van der Waals surface area contributed by atoms with E-state index >= 15 is 0 Å². The van der Waals surface area contributed by atoms with Crippen molar-refractivity contribution in [2.24, 2.45) is 5.92 Å². The van der Waals surface area contributed by atoms with Crippen LogP contribution in [0.4, 0.5) is 0 Å². The smallest absolute Gasteiger partial charge is 0.220 e. The van der Waals surface area contributed by atoms with E-state index in [1.54, 1.807) is 0 Å². The van der Waals surface area contributed by atoms with Crippen LogP contribution in [0.3, 0.4) is 0 Å². The first-order chi connectivity index (χ1) is 11.1. The molecule has 1 amide bonds. The molecule has 5 nitrogen and oxygen atoms in total. The summed E-state index contributed by atoms with van der Waals surface area (Å²) >= 11 is 0. The molecule has 0 unspecified atom stereocenters. The molecule has 0 radical (unpaired) electrons. The van der Waals surface area contributed by atoms with Gasteiger partial charge in [-0.15, -0.1) is 0 Å². The van der Waals surface area contributed by atoms with Crippen molar-refractivity contribution in [2.45, 2.75) is 39.2 Å². The Labute approximate surface area is 137 Å². The van der Waals surface area contributed by atoms with Crippen LogP contribution in [-0.4, -0.2) is 35.9 Å². The molecule has 1 aromatic heterocycles. The molecule has 124 valence electrons. The number of likely N-dealkylation sites (tertiary alicyclic amines) is 1. The number of benzene rings is 1. The van der Waals surface area contributed by atoms with Crippen molar-refractivity contribution in [3.63, 3.8) is 0 Å². The number of oxazole rings is 1. The Hall–Kier alpha value is -1.88. The molecule has 1 N–H and O–H groups in total. The number of aromatic nitrogens is 1. The van der Waals surface area contributed by atoms with Gasteiger partial charge in [-0.2, -0.15) is 0 Å². The number of carbonyl (C=O) groups excluding carboxylic acids is 1. The topological polar surface area (TPSA) is 58.4 Å². The Morgan fingerprint density at radius 1 is 1.48 bits per heavy atom. The lowest BCUT2D eigenvalue weighted by molar-refractivity contribution is -0.121. The summed E-state index contributed by atoms with van der Waals surface area (Å²) < 4.78 is 5.68. The average molecular weight is 315 g/mol. The highest BCUT2D eigenvalue weighted by atomic mass is 16.3. The molecule has 1 atom stereocenters. The quantitative estimate of drug-likeness (QED) is 0.922. The molecule has 1 aliphatic rings. The number of rotatable bonds is 5. The van der Waals surface area contributed by atoms with E-state index in [0.29, 0.717) is 24.8 Å². The minimum atomic E-state index is 0.0807. The Kier molecular flexibility index (Phi) is 4.96. The Morgan fingerprint density at radius 3 is 3.13 bits per heavy atom. The summed E-state index contributed by atoms with van der Waals surface area (Å²) in [7, 11) is 2.15. The molecule has 2 aromatic rings. The van der Waals surface area contributed by atoms with Crippen LogP contribution < -0.4 is 5.32 Å². The monoisotopic (exact) mass is 315 g/mol. The summed E-state index contributed by atoms with van der Waals surface area (Å²) in [6.07, 6.45) is 4.02. The van der Waals surface area contributed by atoms with Gasteiger partial charge in [0, 0.05) is 13.0 Å². The summed E-state index contributed by atoms with van der Waals surface area (Å²) in [5.41, 5.74) is 2.74. The standard InChI is InChI=1S/C18H25N3O2/c1-13-5-3-7-15-18(13)20-17(23-15)11-19-16(22)9-8-14-6-4-10-21(2)12-14/h3,5,7,14H,4,6,8-12H2,1-2H3,(H,19,22)/t14-/m0/s1. The van der Waals surface area contributed by atoms with E-state index in [1.165, 1.54) is 19.4 Å². The minimum Gasteiger partial charge on any atom is -0.439 e. The molecule has 1 aromatic carbocycles. The molecule has 0 bridgehead atoms. The summed E-state index contributed by atoms with van der Waals surface area (Å²) in [6.45, 7) is 4.66. The van der Waals surface area contributed by atoms with Gasteiger partial charge in [0.1, 0.15) is 5.52 Å². The number of aryl methyl sites for hydroxylation is 1. The van der Waals surface area contributed by atoms with E-state index in [0.717, 1.165) is 29.6 Å². The average Bonchev–Trinajstić information content (AvgIpc) is 2.96. The van der Waals surface area contributed by atoms with Gasteiger partial charge < -0.3 is 14.6 Å². The fraction of sp³-hybridized carbons (Fsp3) is 0.556. The molecule has 0 spiro atoms. The zero-order chi connectivity index (χ0) is 16.2. The molecule has 1 aliphatic heterocycles. The molecular weight excluding hydrogens is 290 g/mol. The Bertz CT molecular complexity index is 680. The maximum Gasteiger partial charge on any atom is 0.220 e. The van der Waals surface area contributed by atoms with E-state index in [2.05, 4.69) is 22.2 Å². The van der Waals surface area contributed by atoms with Crippen molar-refractivity contribution in [3.8, 4) is 0 Å². The lowest BCUT2D eigenvalue weighted by Crippen LogP contribution is -2.33. The lowest BCUT2D eigenvalue weighted by Gasteiger charge is -2.29. The van der Waals surface area contributed by atoms with Crippen molar-refractivity contribution >= 4 is 17.0 Å². The van der Waals surface area contributed by atoms with Crippen LogP contribution in [0.15, 0.2) is 22.6 Å². The number of nitrogens with one attached hydrogen (secondary N) is 1. The number of carbonyl (C=O) groups is 1. The van der Waals surface area contributed by atoms with E-state index < -0.39 is 0 Å². The number of piperidine rings is 1. The number of amides is 1. The zero-order valence-corrected chi connectivity index (χ0v) is 14.0. The van der Waals surface area contributed by atoms with Crippen LogP contribution >= 0.6 is 0 Å². The predicted molar refractivity (Wildman–Crippen MR) is 90.0 cm³/mol. The van der Waals surface area contributed by atoms with Gasteiger partial charge in [-0.3, -0.25) is 4.79 Å². The summed E-state index contributed by atoms with van der Waals surface area (Å²) in [6, 6.07) is 5.86. The first-order valence-electron chi connectivity index (χ1n) is 8.42. The molecule has 1 saturated heterocycles. The van der Waals surface area contributed by atoms with Gasteiger partial charge in [-0.1, -0.05) is 12.1 Å². The number of nitrogens with zero attached hydrogens (tertiary/aromatic N) is 2. The number of hydrogen-bond donors (Lipinski definition) is 1. The third-order valence-electron chi connectivity index (χ3n) is 4.60. The maximum absolute atomic E-state index is 12.0. The van der Waals surface area contributed by atoms with Gasteiger partial charge in [0.15, 0.2) is 5.58 Å². The third-order valence-corrected chi connectivity index (χ3v) is 4.60. The van der Waals surface area contributed by atoms with Crippen molar-refractivity contribution < 1.29 is 9.21 Å². The first kappa shape index (κ1) is 16.0. The van der Waals surface area contributed by atoms with Crippen LogP contribution in [0.1, 0.15) is 37.1 Å². The van der Waals surface area contributed by atoms with Gasteiger partial charge in [-0.05, 0) is 57.3 Å². The van der Waals surface area contributed by atoms with E-state index in [9.17, 15) is 4.79 Å². The molecular formula is C18H25N3O2. The Balaban J connectivity index is 1.47. The Morgan fingerprint density at radius 2 is 2.35 bits per heavy atom. The van der Waals surface area contributed by atoms with Gasteiger partial charge in [0.05, 0.1) is 6.54 Å². The molecule has 0 aliphatic carbocycles. The van der Waals surface area contributed by atoms with Crippen LogP contribution in [0.2, 0.25) is 0 Å². The van der Waals surface area contributed by atoms with Crippen molar-refractivity contribution in [2.75, 3.05) is 20.1 Å². The zero-order valence-electron chi connectivity index (χ0n) is 14.0. The van der Waals surface area contributed by atoms with E-state index in [4.69, 9.17) is 4.42 Å². The highest BCUT2D eigenvalue weighted by molar-refractivity contribution is 5.77. The normalized spacial score (nSPS) is 19.1. The van der Waals surface area contributed by atoms with Gasteiger partial charge in [-0.25, -0.2) is 4.98 Å². The second-order valence-corrected chi connectivity index (χ2v) is 6.62. The maximum atomic E-state index is 12.0. The lowest BCUT2D eigenvalue weighted by atomic mass is 9.93. The molecule has 23 heavy (non-hydrogen) atoms. The number of hydrogen-bond acceptors (Lipinski definition) is 4. The van der Waals surface area contributed by atoms with Crippen LogP contribution in [0.5, 0.6) is 0 Å². The second kappa shape index (κ2) is 7.13. The molecule has 5 heteroatoms. The van der Waals surface area contributed by atoms with Crippen LogP contribution in [0, 0.1) is 12.8 Å². The van der Waals surface area contributed by atoms with Crippen molar-refractivity contribution in [1.29, 1.82) is 0 Å². The highest BCUT2D eigenvalue weighted by Crippen LogP contribution is 2.20. The van der Waals surface area contributed by atoms with Gasteiger partial charge in [0.25, 0.3) is 0 Å². The fourth-order valence-electron chi connectivity index (χ4n) is 3.31. The third kappa shape index (κ3) is 4.10. The van der Waals surface area contributed by atoms with E-state index in [-0.39, 0.29) is 5.91 Å². The largest absolute Gasteiger partial charge is 0.439 e. The number of para-hydroxylation sites is 1. The van der Waals surface area contributed by atoms with Crippen molar-refractivity contribution in [3.05, 3.63) is 29.7 Å². The molecule has 3 rings (SSSR count). The van der Waals surface area contributed by atoms with Crippen LogP contribution in [-0.2, 0) is 11.3 Å². The first-order valence-corrected chi connectivity index (χ1v) is 8.42. The van der Waals surface area contributed by atoms with Crippen molar-refractivity contribution in [1.82, 2.24) is 15.2 Å². The SMILES string of the molecule is Cc1cccc2oc(CNC(=O)CC[C@@H]3CCCN(C)C3)nc12. The molecule has 0 saturated carbocycles. The summed E-state index contributed by atoms with van der Waals surface area (Å²) in [4.78, 5) is 18.8. The minimum absolute atomic E-state index is 0.0807. The van der Waals surface area contributed by atoms with Gasteiger partial charge in [0.2, 0.25) is 11.8 Å². The molecule has 1 fully saturated rings. The summed E-state index contributed by atoms with van der Waals surface area (Å²) in [5.74, 6) is 1.30.